The summed E-state index contributed by atoms with van der Waals surface area (Å²) >= 11 is 0. The van der Waals surface area contributed by atoms with Crippen LogP contribution in [0.25, 0.3) is 11.5 Å². The van der Waals surface area contributed by atoms with Gasteiger partial charge in [0.1, 0.15) is 11.5 Å². The lowest BCUT2D eigenvalue weighted by molar-refractivity contribution is -0.119. The average molecular weight is 243 g/mol. The fourth-order valence-electron chi connectivity index (χ4n) is 1.84. The Morgan fingerprint density at radius 3 is 3.06 bits per heavy atom. The van der Waals surface area contributed by atoms with Crippen molar-refractivity contribution in [2.45, 2.75) is 26.2 Å². The minimum absolute atomic E-state index is 0.197. The van der Waals surface area contributed by atoms with Gasteiger partial charge in [0.25, 0.3) is 0 Å². The van der Waals surface area contributed by atoms with Crippen molar-refractivity contribution in [3.05, 3.63) is 29.8 Å². The third-order valence-corrected chi connectivity index (χ3v) is 3.05. The lowest BCUT2D eigenvalue weighted by Crippen LogP contribution is -2.04. The Morgan fingerprint density at radius 1 is 1.50 bits per heavy atom. The van der Waals surface area contributed by atoms with E-state index in [1.807, 2.05) is 19.1 Å². The minimum atomic E-state index is 0.197. The Labute approximate surface area is 104 Å². The third-order valence-electron chi connectivity index (χ3n) is 3.05. The fourth-order valence-corrected chi connectivity index (χ4v) is 1.84. The number of carbonyl (C=O) groups excluding carboxylic acids is 1. The van der Waals surface area contributed by atoms with Crippen LogP contribution in [0.5, 0.6) is 0 Å². The molecule has 0 bridgehead atoms. The lowest BCUT2D eigenvalue weighted by Gasteiger charge is -1.96. The lowest BCUT2D eigenvalue weighted by atomic mass is 10.2. The maximum absolute atomic E-state index is 11.6. The van der Waals surface area contributed by atoms with Crippen LogP contribution in [0.15, 0.2) is 22.9 Å². The molecule has 0 aromatic carbocycles. The molecule has 92 valence electrons. The Balaban J connectivity index is 1.80. The molecule has 1 saturated carbocycles. The number of Topliss-reactive ketones (excluding diaryl/α,β-unsaturated/α-hetero) is 1. The zero-order valence-electron chi connectivity index (χ0n) is 10.1. The fraction of sp³-hybridized carbons (Fsp3) is 0.385. The number of hydrogen-bond donors (Lipinski definition) is 0. The van der Waals surface area contributed by atoms with Crippen molar-refractivity contribution < 1.29 is 9.32 Å². The second-order valence-corrected chi connectivity index (χ2v) is 4.60. The van der Waals surface area contributed by atoms with Crippen LogP contribution in [0.1, 0.15) is 24.3 Å². The van der Waals surface area contributed by atoms with E-state index in [0.717, 1.165) is 18.4 Å². The summed E-state index contributed by atoms with van der Waals surface area (Å²) in [5, 5.41) is 3.88. The molecular formula is C13H13N3O2. The van der Waals surface area contributed by atoms with Crippen molar-refractivity contribution >= 4 is 5.78 Å². The second-order valence-electron chi connectivity index (χ2n) is 4.60. The molecule has 0 radical (unpaired) electrons. The highest BCUT2D eigenvalue weighted by Crippen LogP contribution is 2.30. The van der Waals surface area contributed by atoms with E-state index in [1.165, 1.54) is 0 Å². The largest absolute Gasteiger partial charge is 0.338 e. The normalized spacial score (nSPS) is 14.7. The van der Waals surface area contributed by atoms with Crippen LogP contribution in [0.2, 0.25) is 0 Å². The van der Waals surface area contributed by atoms with E-state index >= 15 is 0 Å². The molecule has 0 unspecified atom stereocenters. The molecule has 18 heavy (non-hydrogen) atoms. The molecule has 1 aliphatic carbocycles. The first-order valence-corrected chi connectivity index (χ1v) is 6.01. The molecule has 0 saturated heterocycles. The molecule has 0 amide bonds. The highest BCUT2D eigenvalue weighted by atomic mass is 16.5. The Bertz CT molecular complexity index is 587. The van der Waals surface area contributed by atoms with Gasteiger partial charge in [0.05, 0.1) is 6.42 Å². The van der Waals surface area contributed by atoms with Gasteiger partial charge in [-0.05, 0) is 31.4 Å². The summed E-state index contributed by atoms with van der Waals surface area (Å²) in [6, 6.07) is 3.80. The number of aromatic nitrogens is 3. The van der Waals surface area contributed by atoms with Gasteiger partial charge in [-0.15, -0.1) is 0 Å². The van der Waals surface area contributed by atoms with Crippen molar-refractivity contribution in [3.8, 4) is 11.5 Å². The summed E-state index contributed by atoms with van der Waals surface area (Å²) in [5.41, 5.74) is 1.68. The van der Waals surface area contributed by atoms with Gasteiger partial charge in [-0.1, -0.05) is 11.2 Å². The van der Waals surface area contributed by atoms with E-state index in [1.54, 1.807) is 6.20 Å². The predicted molar refractivity (Wildman–Crippen MR) is 63.7 cm³/mol. The van der Waals surface area contributed by atoms with Gasteiger partial charge in [-0.25, -0.2) is 0 Å². The summed E-state index contributed by atoms with van der Waals surface area (Å²) in [5.74, 6) is 1.25. The maximum Gasteiger partial charge on any atom is 0.234 e. The van der Waals surface area contributed by atoms with Crippen LogP contribution < -0.4 is 0 Å². The monoisotopic (exact) mass is 243 g/mol. The number of carbonyl (C=O) groups is 1. The topological polar surface area (TPSA) is 68.9 Å². The zero-order chi connectivity index (χ0) is 12.5. The highest BCUT2D eigenvalue weighted by Gasteiger charge is 2.30. The van der Waals surface area contributed by atoms with E-state index in [4.69, 9.17) is 4.52 Å². The van der Waals surface area contributed by atoms with E-state index in [0.29, 0.717) is 17.4 Å². The van der Waals surface area contributed by atoms with Gasteiger partial charge in [0, 0.05) is 12.1 Å². The quantitative estimate of drug-likeness (QED) is 0.821. The molecule has 0 aliphatic heterocycles. The van der Waals surface area contributed by atoms with Gasteiger partial charge in [-0.3, -0.25) is 9.78 Å². The zero-order valence-corrected chi connectivity index (χ0v) is 10.1. The Kier molecular flexibility index (Phi) is 2.66. The molecule has 0 atom stereocenters. The Morgan fingerprint density at radius 2 is 2.33 bits per heavy atom. The molecule has 3 rings (SSSR count). The number of aryl methyl sites for hydroxylation is 1. The van der Waals surface area contributed by atoms with Crippen molar-refractivity contribution in [2.24, 2.45) is 5.92 Å². The number of rotatable bonds is 4. The number of hydrogen-bond acceptors (Lipinski definition) is 5. The molecule has 5 heteroatoms. The standard InChI is InChI=1S/C13H13N3O2/c1-8-3-2-6-14-12(8)13-15-11(18-16-13)7-10(17)9-4-5-9/h2-3,6,9H,4-5,7H2,1H3. The first-order chi connectivity index (χ1) is 8.74. The van der Waals surface area contributed by atoms with Crippen LogP contribution in [-0.2, 0) is 11.2 Å². The Hall–Kier alpha value is -2.04. The predicted octanol–water partition coefficient (Wildman–Crippen LogP) is 1.96. The summed E-state index contributed by atoms with van der Waals surface area (Å²) in [6.45, 7) is 1.94. The van der Waals surface area contributed by atoms with Crippen LogP contribution >= 0.6 is 0 Å². The van der Waals surface area contributed by atoms with E-state index in [-0.39, 0.29) is 18.1 Å². The van der Waals surface area contributed by atoms with Crippen molar-refractivity contribution in [2.75, 3.05) is 0 Å². The maximum atomic E-state index is 11.6. The minimum Gasteiger partial charge on any atom is -0.338 e. The molecule has 2 aromatic rings. The number of ketones is 1. The van der Waals surface area contributed by atoms with Crippen LogP contribution in [-0.4, -0.2) is 20.9 Å². The SMILES string of the molecule is Cc1cccnc1-c1noc(CC(=O)C2CC2)n1. The summed E-state index contributed by atoms with van der Waals surface area (Å²) in [4.78, 5) is 20.1. The first-order valence-electron chi connectivity index (χ1n) is 6.01. The van der Waals surface area contributed by atoms with Crippen molar-refractivity contribution in [3.63, 3.8) is 0 Å². The molecule has 5 nitrogen and oxygen atoms in total. The molecule has 0 spiro atoms. The van der Waals surface area contributed by atoms with Crippen molar-refractivity contribution in [1.82, 2.24) is 15.1 Å². The molecule has 2 heterocycles. The average Bonchev–Trinajstić information content (AvgIpc) is 3.12. The van der Waals surface area contributed by atoms with E-state index < -0.39 is 0 Å². The van der Waals surface area contributed by atoms with Gasteiger partial charge in [0.2, 0.25) is 11.7 Å². The van der Waals surface area contributed by atoms with Gasteiger partial charge < -0.3 is 4.52 Å². The smallest absolute Gasteiger partial charge is 0.234 e. The van der Waals surface area contributed by atoms with Gasteiger partial charge >= 0.3 is 0 Å². The molecule has 2 aromatic heterocycles. The van der Waals surface area contributed by atoms with Crippen LogP contribution in [0.3, 0.4) is 0 Å². The molecular weight excluding hydrogens is 230 g/mol. The summed E-state index contributed by atoms with van der Waals surface area (Å²) in [7, 11) is 0. The molecule has 0 N–H and O–H groups in total. The van der Waals surface area contributed by atoms with Crippen LogP contribution in [0.4, 0.5) is 0 Å². The van der Waals surface area contributed by atoms with Gasteiger partial charge in [0.15, 0.2) is 0 Å². The van der Waals surface area contributed by atoms with Gasteiger partial charge in [-0.2, -0.15) is 4.98 Å². The highest BCUT2D eigenvalue weighted by molar-refractivity contribution is 5.84. The molecule has 1 aliphatic rings. The van der Waals surface area contributed by atoms with E-state index in [2.05, 4.69) is 15.1 Å². The number of pyridine rings is 1. The number of nitrogens with zero attached hydrogens (tertiary/aromatic N) is 3. The van der Waals surface area contributed by atoms with Crippen LogP contribution in [0, 0.1) is 12.8 Å². The summed E-state index contributed by atoms with van der Waals surface area (Å²) < 4.78 is 5.10. The first kappa shape index (κ1) is 11.1. The van der Waals surface area contributed by atoms with E-state index in [9.17, 15) is 4.79 Å². The molecule has 1 fully saturated rings. The summed E-state index contributed by atoms with van der Waals surface area (Å²) in [6.07, 6.45) is 3.93. The second kappa shape index (κ2) is 4.33. The van der Waals surface area contributed by atoms with Crippen molar-refractivity contribution in [1.29, 1.82) is 0 Å². The third kappa shape index (κ3) is 2.16.